The van der Waals surface area contributed by atoms with Gasteiger partial charge in [0.25, 0.3) is 0 Å². The van der Waals surface area contributed by atoms with Crippen LogP contribution in [-0.2, 0) is 4.79 Å². The number of rotatable bonds is 7. The molecule has 3 aromatic rings. The molecule has 0 fully saturated rings. The van der Waals surface area contributed by atoms with E-state index >= 15 is 0 Å². The van der Waals surface area contributed by atoms with Crippen LogP contribution in [0, 0.1) is 0 Å². The number of carbonyl (C=O) groups is 1. The largest absolute Gasteiger partial charge is 0.490 e. The van der Waals surface area contributed by atoms with Gasteiger partial charge in [-0.2, -0.15) is 5.10 Å². The third kappa shape index (κ3) is 4.04. The number of hydrazone groups is 1. The Kier molecular flexibility index (Phi) is 6.28. The lowest BCUT2D eigenvalue weighted by atomic mass is 9.87. The minimum Gasteiger partial charge on any atom is -0.490 e. The number of ether oxygens (including phenoxy) is 2. The molecule has 0 saturated heterocycles. The number of benzene rings is 2. The molecule has 162 valence electrons. The maximum Gasteiger partial charge on any atom is 0.249 e. The number of fused-ring (bicyclic) bond motifs is 2. The fourth-order valence-electron chi connectivity index (χ4n) is 4.07. The maximum absolute atomic E-state index is 13.3. The van der Waals surface area contributed by atoms with Gasteiger partial charge in [0.05, 0.1) is 24.0 Å². The molecule has 0 aliphatic carbocycles. The van der Waals surface area contributed by atoms with Gasteiger partial charge in [0.15, 0.2) is 11.5 Å². The Balaban J connectivity index is 1.97. The van der Waals surface area contributed by atoms with Crippen LogP contribution in [0.3, 0.4) is 0 Å². The molecule has 0 N–H and O–H groups in total. The van der Waals surface area contributed by atoms with Gasteiger partial charge in [-0.05, 0) is 55.5 Å². The number of hydrogen-bond acceptors (Lipinski definition) is 5. The summed E-state index contributed by atoms with van der Waals surface area (Å²) in [5.41, 5.74) is 2.70. The van der Waals surface area contributed by atoms with E-state index in [1.807, 2.05) is 38.1 Å². The van der Waals surface area contributed by atoms with Crippen LogP contribution < -0.4 is 9.47 Å². The highest BCUT2D eigenvalue weighted by atomic mass is 32.1. The zero-order valence-electron chi connectivity index (χ0n) is 18.5. The minimum atomic E-state index is -0.268. The third-order valence-electron chi connectivity index (χ3n) is 5.45. The van der Waals surface area contributed by atoms with E-state index in [0.29, 0.717) is 24.7 Å². The lowest BCUT2D eigenvalue weighted by molar-refractivity contribution is -0.131. The van der Waals surface area contributed by atoms with Crippen molar-refractivity contribution >= 4 is 33.0 Å². The number of likely N-dealkylation sites (N-methyl/N-ethyl adjacent to an activating group) is 1. The number of thiophene rings is 1. The van der Waals surface area contributed by atoms with Crippen molar-refractivity contribution in [3.63, 3.8) is 0 Å². The van der Waals surface area contributed by atoms with E-state index in [0.717, 1.165) is 34.6 Å². The van der Waals surface area contributed by atoms with E-state index in [2.05, 4.69) is 25.1 Å². The summed E-state index contributed by atoms with van der Waals surface area (Å²) in [5, 5.41) is 7.46. The van der Waals surface area contributed by atoms with Crippen molar-refractivity contribution in [1.82, 2.24) is 5.01 Å². The topological polar surface area (TPSA) is 51.1 Å². The Morgan fingerprint density at radius 1 is 1.03 bits per heavy atom. The first-order chi connectivity index (χ1) is 15.1. The van der Waals surface area contributed by atoms with Crippen molar-refractivity contribution in [1.29, 1.82) is 0 Å². The highest BCUT2D eigenvalue weighted by Gasteiger charge is 2.33. The second-order valence-corrected chi connectivity index (χ2v) is 8.64. The fraction of sp³-hybridized carbons (Fsp3) is 0.360. The molecule has 6 heteroatoms. The maximum atomic E-state index is 13.3. The highest BCUT2D eigenvalue weighted by molar-refractivity contribution is 7.21. The van der Waals surface area contributed by atoms with E-state index < -0.39 is 0 Å². The molecule has 0 radical (unpaired) electrons. The standard InChI is InChI=1S/C25H28N2O3S/c1-5-10-17-18-14-20(29-6-2)21(30-7-3)15-19(18)24(26-27(4)25(17)28)23-13-16-11-8-9-12-22(16)31-23/h8-9,11-15,17H,5-7,10H2,1-4H3. The summed E-state index contributed by atoms with van der Waals surface area (Å²) in [4.78, 5) is 14.3. The summed E-state index contributed by atoms with van der Waals surface area (Å²) < 4.78 is 13.0. The van der Waals surface area contributed by atoms with E-state index in [1.165, 1.54) is 15.1 Å². The van der Waals surface area contributed by atoms with E-state index in [9.17, 15) is 4.79 Å². The van der Waals surface area contributed by atoms with Crippen LogP contribution in [0.5, 0.6) is 11.5 Å². The normalized spacial score (nSPS) is 16.1. The average molecular weight is 437 g/mol. The van der Waals surface area contributed by atoms with Gasteiger partial charge in [0.1, 0.15) is 5.71 Å². The van der Waals surface area contributed by atoms with E-state index in [-0.39, 0.29) is 11.8 Å². The molecule has 1 aromatic heterocycles. The van der Waals surface area contributed by atoms with Crippen molar-refractivity contribution in [2.75, 3.05) is 20.3 Å². The van der Waals surface area contributed by atoms with Gasteiger partial charge in [-0.3, -0.25) is 4.79 Å². The Morgan fingerprint density at radius 2 is 1.74 bits per heavy atom. The summed E-state index contributed by atoms with van der Waals surface area (Å²) >= 11 is 1.69. The zero-order chi connectivity index (χ0) is 22.0. The van der Waals surface area contributed by atoms with Crippen molar-refractivity contribution < 1.29 is 14.3 Å². The van der Waals surface area contributed by atoms with Gasteiger partial charge in [-0.1, -0.05) is 31.5 Å². The van der Waals surface area contributed by atoms with Crippen LogP contribution in [0.15, 0.2) is 47.6 Å². The minimum absolute atomic E-state index is 0.00539. The number of hydrogen-bond donors (Lipinski definition) is 0. The van der Waals surface area contributed by atoms with Crippen LogP contribution in [0.1, 0.15) is 55.5 Å². The molecule has 2 aromatic carbocycles. The first kappa shape index (κ1) is 21.4. The fourth-order valence-corrected chi connectivity index (χ4v) is 5.13. The first-order valence-electron chi connectivity index (χ1n) is 10.9. The molecule has 0 saturated carbocycles. The second kappa shape index (κ2) is 9.10. The molecule has 1 amide bonds. The average Bonchev–Trinajstić information content (AvgIpc) is 3.17. The highest BCUT2D eigenvalue weighted by Crippen LogP contribution is 2.40. The van der Waals surface area contributed by atoms with Gasteiger partial charge in [0, 0.05) is 17.3 Å². The SMILES string of the molecule is CCCC1C(=O)N(C)N=C(c2cc3ccccc3s2)c2cc(OCC)c(OCC)cc21. The molecule has 2 heterocycles. The lowest BCUT2D eigenvalue weighted by Gasteiger charge is -2.20. The van der Waals surface area contributed by atoms with Gasteiger partial charge >= 0.3 is 0 Å². The molecule has 31 heavy (non-hydrogen) atoms. The van der Waals surface area contributed by atoms with Gasteiger partial charge in [-0.25, -0.2) is 5.01 Å². The summed E-state index contributed by atoms with van der Waals surface area (Å²) in [6.07, 6.45) is 1.66. The molecular formula is C25H28N2O3S. The molecule has 4 rings (SSSR count). The summed E-state index contributed by atoms with van der Waals surface area (Å²) in [6, 6.07) is 14.4. The smallest absolute Gasteiger partial charge is 0.249 e. The van der Waals surface area contributed by atoms with Crippen molar-refractivity contribution in [2.24, 2.45) is 5.10 Å². The molecule has 0 spiro atoms. The third-order valence-corrected chi connectivity index (χ3v) is 6.57. The second-order valence-electron chi connectivity index (χ2n) is 7.55. The quantitative estimate of drug-likeness (QED) is 0.470. The van der Waals surface area contributed by atoms with Crippen LogP contribution >= 0.6 is 11.3 Å². The Hall–Kier alpha value is -2.86. The molecule has 1 unspecified atom stereocenters. The number of amides is 1. The van der Waals surface area contributed by atoms with E-state index in [4.69, 9.17) is 14.6 Å². The van der Waals surface area contributed by atoms with Crippen LogP contribution in [0.2, 0.25) is 0 Å². The van der Waals surface area contributed by atoms with Crippen LogP contribution in [0.4, 0.5) is 0 Å². The van der Waals surface area contributed by atoms with Gasteiger partial charge in [-0.15, -0.1) is 11.3 Å². The lowest BCUT2D eigenvalue weighted by Crippen LogP contribution is -2.26. The molecule has 1 aliphatic heterocycles. The summed E-state index contributed by atoms with van der Waals surface area (Å²) in [5.74, 6) is 1.10. The predicted molar refractivity (Wildman–Crippen MR) is 127 cm³/mol. The molecule has 0 bridgehead atoms. The Labute approximate surface area is 187 Å². The van der Waals surface area contributed by atoms with Crippen LogP contribution in [-0.4, -0.2) is 36.9 Å². The van der Waals surface area contributed by atoms with Gasteiger partial charge in [0.2, 0.25) is 5.91 Å². The molecule has 1 aliphatic rings. The number of nitrogens with zero attached hydrogens (tertiary/aromatic N) is 2. The van der Waals surface area contributed by atoms with Crippen LogP contribution in [0.25, 0.3) is 10.1 Å². The molecular weight excluding hydrogens is 408 g/mol. The van der Waals surface area contributed by atoms with Crippen molar-refractivity contribution in [3.8, 4) is 11.5 Å². The summed E-state index contributed by atoms with van der Waals surface area (Å²) in [7, 11) is 1.75. The Morgan fingerprint density at radius 3 is 2.42 bits per heavy atom. The summed E-state index contributed by atoms with van der Waals surface area (Å²) in [6.45, 7) is 7.07. The first-order valence-corrected chi connectivity index (χ1v) is 11.7. The number of carbonyl (C=O) groups excluding carboxylic acids is 1. The predicted octanol–water partition coefficient (Wildman–Crippen LogP) is 5.81. The molecule has 1 atom stereocenters. The van der Waals surface area contributed by atoms with Gasteiger partial charge < -0.3 is 9.47 Å². The Bertz CT molecular complexity index is 1100. The zero-order valence-corrected chi connectivity index (χ0v) is 19.3. The monoisotopic (exact) mass is 436 g/mol. The van der Waals surface area contributed by atoms with Crippen molar-refractivity contribution in [3.05, 3.63) is 58.5 Å². The van der Waals surface area contributed by atoms with E-state index in [1.54, 1.807) is 18.4 Å². The molecule has 5 nitrogen and oxygen atoms in total. The van der Waals surface area contributed by atoms with Crippen molar-refractivity contribution in [2.45, 2.75) is 39.5 Å².